The van der Waals surface area contributed by atoms with E-state index in [1.165, 1.54) is 5.56 Å². The van der Waals surface area contributed by atoms with Crippen molar-refractivity contribution in [1.82, 2.24) is 4.98 Å². The van der Waals surface area contributed by atoms with Gasteiger partial charge in [0.2, 0.25) is 0 Å². The molecule has 0 saturated carbocycles. The normalized spacial score (nSPS) is 10.7. The van der Waals surface area contributed by atoms with Crippen LogP contribution < -0.4 is 5.73 Å². The Morgan fingerprint density at radius 3 is 2.65 bits per heavy atom. The Kier molecular flexibility index (Phi) is 3.85. The Hall–Kier alpha value is -1.65. The highest BCUT2D eigenvalue weighted by molar-refractivity contribution is 9.10. The van der Waals surface area contributed by atoms with Crippen LogP contribution in [0.25, 0.3) is 11.3 Å². The maximum absolute atomic E-state index is 5.92. The molecule has 0 saturated heterocycles. The summed E-state index contributed by atoms with van der Waals surface area (Å²) in [5, 5.41) is 3.20. The predicted molar refractivity (Wildman–Crippen MR) is 88.9 cm³/mol. The first-order chi connectivity index (χ1) is 9.72. The molecule has 0 bridgehead atoms. The minimum absolute atomic E-state index is 0.736. The smallest absolute Gasteiger partial charge is 0.0976 e. The molecule has 0 radical (unpaired) electrons. The summed E-state index contributed by atoms with van der Waals surface area (Å²) in [5.74, 6) is 0. The Labute approximate surface area is 130 Å². The topological polar surface area (TPSA) is 38.9 Å². The lowest BCUT2D eigenvalue weighted by molar-refractivity contribution is 1.14. The van der Waals surface area contributed by atoms with Crippen molar-refractivity contribution in [3.05, 3.63) is 69.0 Å². The average molecular weight is 345 g/mol. The lowest BCUT2D eigenvalue weighted by Gasteiger charge is -2.01. The molecule has 0 fully saturated rings. The van der Waals surface area contributed by atoms with Gasteiger partial charge in [-0.15, -0.1) is 11.3 Å². The largest absolute Gasteiger partial charge is 0.398 e. The predicted octanol–water partition coefficient (Wildman–Crippen LogP) is 4.75. The van der Waals surface area contributed by atoms with Crippen molar-refractivity contribution in [1.29, 1.82) is 0 Å². The molecule has 3 aromatic rings. The lowest BCUT2D eigenvalue weighted by Crippen LogP contribution is -1.89. The van der Waals surface area contributed by atoms with Crippen molar-refractivity contribution in [2.24, 2.45) is 0 Å². The van der Waals surface area contributed by atoms with Crippen LogP contribution in [0, 0.1) is 0 Å². The first kappa shape index (κ1) is 13.3. The molecule has 0 aliphatic rings. The van der Waals surface area contributed by atoms with Gasteiger partial charge < -0.3 is 5.73 Å². The Morgan fingerprint density at radius 2 is 1.90 bits per heavy atom. The molecule has 0 spiro atoms. The van der Waals surface area contributed by atoms with Crippen LogP contribution in [0.15, 0.2) is 58.4 Å². The second-order valence-corrected chi connectivity index (χ2v) is 6.32. The number of aromatic nitrogens is 1. The monoisotopic (exact) mass is 344 g/mol. The minimum Gasteiger partial charge on any atom is -0.398 e. The number of hydrogen-bond acceptors (Lipinski definition) is 3. The van der Waals surface area contributed by atoms with E-state index in [9.17, 15) is 0 Å². The summed E-state index contributed by atoms with van der Waals surface area (Å²) in [6.07, 6.45) is 0.873. The number of rotatable bonds is 3. The molecule has 2 nitrogen and oxygen atoms in total. The fourth-order valence-corrected chi connectivity index (χ4v) is 3.08. The van der Waals surface area contributed by atoms with Gasteiger partial charge >= 0.3 is 0 Å². The van der Waals surface area contributed by atoms with Crippen molar-refractivity contribution in [2.45, 2.75) is 6.42 Å². The van der Waals surface area contributed by atoms with Gasteiger partial charge in [0.25, 0.3) is 0 Å². The third kappa shape index (κ3) is 2.92. The molecule has 0 unspecified atom stereocenters. The highest BCUT2D eigenvalue weighted by Crippen LogP contribution is 2.28. The van der Waals surface area contributed by atoms with E-state index in [0.717, 1.165) is 32.8 Å². The standard InChI is InChI=1S/C16H13BrN2S/c17-13-7-6-12(9-14(13)18)15-10-20-16(19-15)8-11-4-2-1-3-5-11/h1-7,9-10H,8,18H2. The highest BCUT2D eigenvalue weighted by Gasteiger charge is 2.07. The molecule has 2 N–H and O–H groups in total. The molecule has 2 aromatic carbocycles. The molecular formula is C16H13BrN2S. The van der Waals surface area contributed by atoms with Crippen LogP contribution in [0.3, 0.4) is 0 Å². The zero-order chi connectivity index (χ0) is 13.9. The number of nitrogens with two attached hydrogens (primary N) is 1. The van der Waals surface area contributed by atoms with E-state index in [2.05, 4.69) is 45.6 Å². The fourth-order valence-electron chi connectivity index (χ4n) is 2.00. The van der Waals surface area contributed by atoms with Gasteiger partial charge in [-0.05, 0) is 33.6 Å². The van der Waals surface area contributed by atoms with Crippen LogP contribution in [0.5, 0.6) is 0 Å². The molecule has 0 aliphatic carbocycles. The number of nitrogens with zero attached hydrogens (tertiary/aromatic N) is 1. The van der Waals surface area contributed by atoms with Crippen LogP contribution in [0.4, 0.5) is 5.69 Å². The Balaban J connectivity index is 1.84. The fraction of sp³-hybridized carbons (Fsp3) is 0.0625. The first-order valence-electron chi connectivity index (χ1n) is 6.26. The summed E-state index contributed by atoms with van der Waals surface area (Å²) in [6, 6.07) is 16.3. The van der Waals surface area contributed by atoms with Crippen molar-refractivity contribution in [3.63, 3.8) is 0 Å². The van der Waals surface area contributed by atoms with Crippen LogP contribution in [0.2, 0.25) is 0 Å². The van der Waals surface area contributed by atoms with Crippen LogP contribution >= 0.6 is 27.3 Å². The second kappa shape index (κ2) is 5.77. The SMILES string of the molecule is Nc1cc(-c2csc(Cc3ccccc3)n2)ccc1Br. The maximum Gasteiger partial charge on any atom is 0.0976 e. The zero-order valence-electron chi connectivity index (χ0n) is 10.7. The maximum atomic E-state index is 5.92. The number of hydrogen-bond donors (Lipinski definition) is 1. The van der Waals surface area contributed by atoms with E-state index in [0.29, 0.717) is 0 Å². The molecule has 3 rings (SSSR count). The summed E-state index contributed by atoms with van der Waals surface area (Å²) < 4.78 is 0.918. The Morgan fingerprint density at radius 1 is 1.10 bits per heavy atom. The zero-order valence-corrected chi connectivity index (χ0v) is 13.1. The van der Waals surface area contributed by atoms with Gasteiger partial charge in [-0.25, -0.2) is 4.98 Å². The highest BCUT2D eigenvalue weighted by atomic mass is 79.9. The summed E-state index contributed by atoms with van der Waals surface area (Å²) in [5.41, 5.74) is 9.98. The van der Waals surface area contributed by atoms with Crippen molar-refractivity contribution >= 4 is 33.0 Å². The lowest BCUT2D eigenvalue weighted by atomic mass is 10.1. The third-order valence-corrected chi connectivity index (χ3v) is 4.61. The summed E-state index contributed by atoms with van der Waals surface area (Å²) >= 11 is 5.09. The van der Waals surface area contributed by atoms with Gasteiger partial charge in [-0.1, -0.05) is 36.4 Å². The van der Waals surface area contributed by atoms with Crippen LogP contribution in [0.1, 0.15) is 10.6 Å². The molecule has 0 amide bonds. The molecule has 20 heavy (non-hydrogen) atoms. The number of halogens is 1. The minimum atomic E-state index is 0.736. The van der Waals surface area contributed by atoms with E-state index >= 15 is 0 Å². The van der Waals surface area contributed by atoms with E-state index in [1.54, 1.807) is 11.3 Å². The first-order valence-corrected chi connectivity index (χ1v) is 7.93. The van der Waals surface area contributed by atoms with E-state index in [4.69, 9.17) is 10.7 Å². The summed E-state index contributed by atoms with van der Waals surface area (Å²) in [6.45, 7) is 0. The number of benzene rings is 2. The molecule has 0 aliphatic heterocycles. The molecule has 1 heterocycles. The average Bonchev–Trinajstić information content (AvgIpc) is 2.91. The molecular weight excluding hydrogens is 332 g/mol. The van der Waals surface area contributed by atoms with Gasteiger partial charge in [0.15, 0.2) is 0 Å². The molecule has 1 aromatic heterocycles. The van der Waals surface area contributed by atoms with Crippen LogP contribution in [-0.4, -0.2) is 4.98 Å². The van der Waals surface area contributed by atoms with Crippen LogP contribution in [-0.2, 0) is 6.42 Å². The van der Waals surface area contributed by atoms with E-state index < -0.39 is 0 Å². The molecule has 0 atom stereocenters. The summed E-state index contributed by atoms with van der Waals surface area (Å²) in [4.78, 5) is 4.69. The quantitative estimate of drug-likeness (QED) is 0.696. The number of thiazole rings is 1. The Bertz CT molecular complexity index is 722. The van der Waals surface area contributed by atoms with Gasteiger partial charge in [-0.2, -0.15) is 0 Å². The van der Waals surface area contributed by atoms with Crippen molar-refractivity contribution in [2.75, 3.05) is 5.73 Å². The number of anilines is 1. The third-order valence-electron chi connectivity index (χ3n) is 3.04. The molecule has 100 valence electrons. The van der Waals surface area contributed by atoms with E-state index in [1.807, 2.05) is 24.3 Å². The van der Waals surface area contributed by atoms with Gasteiger partial charge in [0.05, 0.1) is 10.7 Å². The number of nitrogen functional groups attached to an aromatic ring is 1. The van der Waals surface area contributed by atoms with E-state index in [-0.39, 0.29) is 0 Å². The van der Waals surface area contributed by atoms with Gasteiger partial charge in [-0.3, -0.25) is 0 Å². The molecule has 4 heteroatoms. The van der Waals surface area contributed by atoms with Crippen molar-refractivity contribution in [3.8, 4) is 11.3 Å². The van der Waals surface area contributed by atoms with Crippen molar-refractivity contribution < 1.29 is 0 Å². The summed E-state index contributed by atoms with van der Waals surface area (Å²) in [7, 11) is 0. The van der Waals surface area contributed by atoms with Gasteiger partial charge in [0.1, 0.15) is 0 Å². The second-order valence-electron chi connectivity index (χ2n) is 4.53. The van der Waals surface area contributed by atoms with Gasteiger partial charge in [0, 0.05) is 27.5 Å².